The lowest BCUT2D eigenvalue weighted by atomic mass is 9.68. The Morgan fingerprint density at radius 2 is 1.12 bits per heavy atom. The average molecular weight is 344 g/mol. The number of aliphatic hydroxyl groups is 2. The topological polar surface area (TPSA) is 142 Å². The minimum atomic E-state index is -1.49. The Bertz CT molecular complexity index is 634. The smallest absolute Gasteiger partial charge is 0.443 e. The van der Waals surface area contributed by atoms with Crippen molar-refractivity contribution in [2.45, 2.75) is 12.2 Å². The molecule has 0 spiro atoms. The van der Waals surface area contributed by atoms with Crippen LogP contribution in [0, 0.1) is 0 Å². The Hall–Kier alpha value is -1.71. The van der Waals surface area contributed by atoms with Gasteiger partial charge in [0.05, 0.1) is 12.2 Å². The van der Waals surface area contributed by atoms with Crippen molar-refractivity contribution in [1.29, 1.82) is 0 Å². The summed E-state index contributed by atoms with van der Waals surface area (Å²) in [6.07, 6.45) is -1.92. The molecule has 0 radical (unpaired) electrons. The molecule has 0 saturated heterocycles. The fraction of sp³-hybridized carbons (Fsp3) is 0.250. The summed E-state index contributed by atoms with van der Waals surface area (Å²) in [6.45, 7) is -0.0321. The molecule has 0 bridgehead atoms. The molecule has 132 valence electrons. The van der Waals surface area contributed by atoms with Crippen LogP contribution in [0.2, 0.25) is 0 Å². The Kier molecular flexibility index (Phi) is 7.15. The summed E-state index contributed by atoms with van der Waals surface area (Å²) in [5, 5.41) is 40.6. The first-order valence-electron chi connectivity index (χ1n) is 7.95. The molecule has 0 fully saturated rings. The van der Waals surface area contributed by atoms with Gasteiger partial charge in [-0.25, -0.2) is 0 Å². The third-order valence-electron chi connectivity index (χ3n) is 3.95. The van der Waals surface area contributed by atoms with Gasteiger partial charge in [0, 0.05) is 13.1 Å². The lowest BCUT2D eigenvalue weighted by molar-refractivity contribution is 0.187. The second-order valence-electron chi connectivity index (χ2n) is 5.60. The highest BCUT2D eigenvalue weighted by atomic mass is 16.5. The maximum Gasteiger partial charge on any atom is 0.478 e. The molecule has 0 heterocycles. The highest BCUT2D eigenvalue weighted by Gasteiger charge is 2.30. The van der Waals surface area contributed by atoms with Crippen molar-refractivity contribution in [2.75, 3.05) is 13.1 Å². The summed E-state index contributed by atoms with van der Waals surface area (Å²) in [7, 11) is -2.98. The second-order valence-corrected chi connectivity index (χ2v) is 5.60. The molecule has 0 aliphatic carbocycles. The summed E-state index contributed by atoms with van der Waals surface area (Å²) >= 11 is 0. The van der Waals surface area contributed by atoms with Crippen LogP contribution < -0.4 is 22.4 Å². The quantitative estimate of drug-likeness (QED) is 0.297. The van der Waals surface area contributed by atoms with E-state index in [4.69, 9.17) is 16.0 Å². The van der Waals surface area contributed by atoms with Crippen molar-refractivity contribution in [2.24, 2.45) is 11.5 Å². The van der Waals surface area contributed by atoms with Crippen molar-refractivity contribution < 1.29 is 24.8 Å². The lowest BCUT2D eigenvalue weighted by Gasteiger charge is -2.20. The zero-order valence-electron chi connectivity index (χ0n) is 13.7. The lowest BCUT2D eigenvalue weighted by Crippen LogP contribution is -2.48. The van der Waals surface area contributed by atoms with E-state index >= 15 is 0 Å². The van der Waals surface area contributed by atoms with Crippen molar-refractivity contribution in [3.63, 3.8) is 0 Å². The van der Waals surface area contributed by atoms with Crippen LogP contribution in [0.3, 0.4) is 0 Å². The molecule has 9 heteroatoms. The third-order valence-corrected chi connectivity index (χ3v) is 3.95. The van der Waals surface area contributed by atoms with Gasteiger partial charge in [0.15, 0.2) is 0 Å². The van der Waals surface area contributed by atoms with Gasteiger partial charge in [-0.1, -0.05) is 48.5 Å². The summed E-state index contributed by atoms with van der Waals surface area (Å²) in [5.41, 5.74) is 12.4. The molecular formula is C16H22B2N2O5. The first kappa shape index (κ1) is 19.6. The van der Waals surface area contributed by atoms with Crippen LogP contribution in [0.25, 0.3) is 0 Å². The molecular weight excluding hydrogens is 322 g/mol. The van der Waals surface area contributed by atoms with Gasteiger partial charge >= 0.3 is 14.2 Å². The summed E-state index contributed by atoms with van der Waals surface area (Å²) in [4.78, 5) is 0. The highest BCUT2D eigenvalue weighted by molar-refractivity contribution is 6.73. The summed E-state index contributed by atoms with van der Waals surface area (Å²) < 4.78 is 5.30. The standard InChI is InChI=1S/C16H22B2N2O5/c19-9-15(21)11-5-1-3-7-13(11)17(23)25-18(24)14-8-4-2-6-12(14)16(22)10-20/h1-8,15-16,21-24H,9-10,19-20H2. The molecule has 2 aromatic rings. The molecule has 2 unspecified atom stereocenters. The molecule has 7 nitrogen and oxygen atoms in total. The molecule has 0 aliphatic heterocycles. The summed E-state index contributed by atoms with van der Waals surface area (Å²) in [5.74, 6) is 0. The van der Waals surface area contributed by atoms with Crippen molar-refractivity contribution >= 4 is 25.2 Å². The first-order valence-corrected chi connectivity index (χ1v) is 7.95. The van der Waals surface area contributed by atoms with Gasteiger partial charge in [-0.3, -0.25) is 0 Å². The van der Waals surface area contributed by atoms with E-state index in [9.17, 15) is 20.3 Å². The van der Waals surface area contributed by atoms with Crippen LogP contribution >= 0.6 is 0 Å². The van der Waals surface area contributed by atoms with Gasteiger partial charge in [-0.15, -0.1) is 0 Å². The number of hydrogen-bond donors (Lipinski definition) is 6. The van der Waals surface area contributed by atoms with Gasteiger partial charge in [0.25, 0.3) is 0 Å². The number of hydrogen-bond acceptors (Lipinski definition) is 7. The molecule has 0 aromatic heterocycles. The fourth-order valence-electron chi connectivity index (χ4n) is 2.60. The van der Waals surface area contributed by atoms with E-state index in [1.54, 1.807) is 48.5 Å². The van der Waals surface area contributed by atoms with Crippen LogP contribution in [0.5, 0.6) is 0 Å². The van der Waals surface area contributed by atoms with Crippen LogP contribution in [-0.2, 0) is 4.57 Å². The minimum absolute atomic E-state index is 0.0161. The van der Waals surface area contributed by atoms with E-state index in [1.165, 1.54) is 0 Å². The van der Waals surface area contributed by atoms with E-state index in [0.29, 0.717) is 22.1 Å². The van der Waals surface area contributed by atoms with E-state index < -0.39 is 26.4 Å². The molecule has 2 rings (SSSR count). The number of nitrogens with two attached hydrogens (primary N) is 2. The van der Waals surface area contributed by atoms with Crippen LogP contribution in [-0.4, -0.2) is 47.6 Å². The van der Waals surface area contributed by atoms with Gasteiger partial charge < -0.3 is 36.3 Å². The number of rotatable bonds is 8. The predicted octanol–water partition coefficient (Wildman–Crippen LogP) is -2.24. The monoisotopic (exact) mass is 344 g/mol. The van der Waals surface area contributed by atoms with Gasteiger partial charge in [0.2, 0.25) is 0 Å². The number of benzene rings is 2. The predicted molar refractivity (Wildman–Crippen MR) is 97.2 cm³/mol. The van der Waals surface area contributed by atoms with Gasteiger partial charge in [0.1, 0.15) is 0 Å². The van der Waals surface area contributed by atoms with Crippen molar-refractivity contribution in [3.8, 4) is 0 Å². The van der Waals surface area contributed by atoms with Crippen LogP contribution in [0.15, 0.2) is 48.5 Å². The molecule has 2 aromatic carbocycles. The molecule has 8 N–H and O–H groups in total. The average Bonchev–Trinajstić information content (AvgIpc) is 2.66. The fourth-order valence-corrected chi connectivity index (χ4v) is 2.60. The van der Waals surface area contributed by atoms with E-state index in [0.717, 1.165) is 0 Å². The maximum absolute atomic E-state index is 10.3. The normalized spacial score (nSPS) is 13.4. The minimum Gasteiger partial charge on any atom is -0.443 e. The summed E-state index contributed by atoms with van der Waals surface area (Å²) in [6, 6.07) is 13.1. The van der Waals surface area contributed by atoms with E-state index in [1.807, 2.05) is 0 Å². The molecule has 2 atom stereocenters. The molecule has 25 heavy (non-hydrogen) atoms. The second kappa shape index (κ2) is 9.12. The SMILES string of the molecule is NCC(O)c1ccccc1B(O)OB(O)c1ccccc1C(O)CN. The largest absolute Gasteiger partial charge is 0.478 e. The molecule has 0 aliphatic rings. The number of aliphatic hydroxyl groups excluding tert-OH is 2. The third kappa shape index (κ3) is 4.68. The van der Waals surface area contributed by atoms with E-state index in [-0.39, 0.29) is 13.1 Å². The van der Waals surface area contributed by atoms with E-state index in [2.05, 4.69) is 0 Å². The molecule has 0 saturated carbocycles. The Balaban J connectivity index is 2.23. The zero-order valence-corrected chi connectivity index (χ0v) is 13.7. The Labute approximate surface area is 147 Å². The van der Waals surface area contributed by atoms with Crippen molar-refractivity contribution in [1.82, 2.24) is 0 Å². The Morgan fingerprint density at radius 3 is 1.48 bits per heavy atom. The van der Waals surface area contributed by atoms with Crippen LogP contribution in [0.1, 0.15) is 23.3 Å². The van der Waals surface area contributed by atoms with Crippen LogP contribution in [0.4, 0.5) is 0 Å². The van der Waals surface area contributed by atoms with Crippen molar-refractivity contribution in [3.05, 3.63) is 59.7 Å². The molecule has 0 amide bonds. The zero-order chi connectivity index (χ0) is 18.4. The highest BCUT2D eigenvalue weighted by Crippen LogP contribution is 2.12. The maximum atomic E-state index is 10.3. The first-order chi connectivity index (χ1) is 12.0. The van der Waals surface area contributed by atoms with Gasteiger partial charge in [-0.2, -0.15) is 0 Å². The Morgan fingerprint density at radius 1 is 0.760 bits per heavy atom. The van der Waals surface area contributed by atoms with Gasteiger partial charge in [-0.05, 0) is 22.1 Å².